The van der Waals surface area contributed by atoms with Gasteiger partial charge in [0, 0.05) is 24.6 Å². The van der Waals surface area contributed by atoms with E-state index in [9.17, 15) is 14.4 Å². The molecule has 3 atom stereocenters. The van der Waals surface area contributed by atoms with Crippen LogP contribution in [0.3, 0.4) is 0 Å². The van der Waals surface area contributed by atoms with E-state index in [4.69, 9.17) is 26.2 Å². The van der Waals surface area contributed by atoms with Crippen molar-refractivity contribution in [3.05, 3.63) is 59.4 Å². The van der Waals surface area contributed by atoms with Crippen molar-refractivity contribution in [1.82, 2.24) is 4.98 Å². The number of aliphatic carboxylic acids is 2. The largest absolute Gasteiger partial charge is 0.479 e. The lowest BCUT2D eigenvalue weighted by molar-refractivity contribution is -0.165. The predicted octanol–water partition coefficient (Wildman–Crippen LogP) is 0.889. The number of nitrogens with zero attached hydrogens (tertiary/aromatic N) is 2. The number of hydrogen-bond donors (Lipinski definition) is 5. The van der Waals surface area contributed by atoms with Crippen LogP contribution >= 0.6 is 0 Å². The summed E-state index contributed by atoms with van der Waals surface area (Å²) in [5, 5.41) is 32.5. The molecule has 0 saturated carbocycles. The van der Waals surface area contributed by atoms with Gasteiger partial charge in [-0.15, -0.1) is 0 Å². The molecule has 1 aromatic carbocycles. The Hall–Kier alpha value is -3.34. The Bertz CT molecular complexity index is 897. The fraction of sp³-hybridized carbons (Fsp3) is 0.391. The summed E-state index contributed by atoms with van der Waals surface area (Å²) in [7, 11) is 0. The molecule has 10 heteroatoms. The maximum absolute atomic E-state index is 12.6. The number of carbonyl (C=O) groups excluding carboxylic acids is 1. The number of carboxylic acids is 2. The molecule has 0 fully saturated rings. The molecule has 10 nitrogen and oxygen atoms in total. The van der Waals surface area contributed by atoms with Gasteiger partial charge in [0.25, 0.3) is 0 Å². The first-order valence-electron chi connectivity index (χ1n) is 10.3. The van der Waals surface area contributed by atoms with Gasteiger partial charge in [0.15, 0.2) is 12.2 Å². The van der Waals surface area contributed by atoms with Crippen molar-refractivity contribution >= 4 is 23.5 Å². The van der Waals surface area contributed by atoms with E-state index in [1.54, 1.807) is 13.1 Å². The number of amides is 1. The topological polar surface area (TPSA) is 174 Å². The Morgan fingerprint density at radius 3 is 1.97 bits per heavy atom. The molecule has 2 aromatic rings. The van der Waals surface area contributed by atoms with Crippen molar-refractivity contribution in [1.29, 1.82) is 0 Å². The molecule has 1 aromatic heterocycles. The van der Waals surface area contributed by atoms with Crippen LogP contribution in [0.5, 0.6) is 0 Å². The van der Waals surface area contributed by atoms with Gasteiger partial charge in [-0.3, -0.25) is 9.78 Å². The van der Waals surface area contributed by atoms with Gasteiger partial charge in [-0.05, 0) is 56.4 Å². The van der Waals surface area contributed by atoms with E-state index in [1.807, 2.05) is 49.2 Å². The first-order chi connectivity index (χ1) is 15.5. The van der Waals surface area contributed by atoms with Crippen LogP contribution in [-0.2, 0) is 20.8 Å². The summed E-state index contributed by atoms with van der Waals surface area (Å²) in [6.45, 7) is 6.46. The molecule has 0 aliphatic heterocycles. The molecule has 1 amide bonds. The number of anilines is 1. The Morgan fingerprint density at radius 1 is 1.00 bits per heavy atom. The maximum Gasteiger partial charge on any atom is 0.335 e. The minimum Gasteiger partial charge on any atom is -0.479 e. The molecule has 33 heavy (non-hydrogen) atoms. The number of benzene rings is 1. The molecule has 180 valence electrons. The summed E-state index contributed by atoms with van der Waals surface area (Å²) in [6.07, 6.45) is 0.873. The number of carbonyl (C=O) groups is 3. The van der Waals surface area contributed by atoms with Crippen molar-refractivity contribution in [2.24, 2.45) is 5.73 Å². The van der Waals surface area contributed by atoms with Crippen LogP contribution < -0.4 is 10.6 Å². The molecule has 3 unspecified atom stereocenters. The second kappa shape index (κ2) is 13.3. The molecular weight excluding hydrogens is 430 g/mol. The van der Waals surface area contributed by atoms with E-state index >= 15 is 0 Å². The SMILES string of the molecule is Cc1cccc(C)c1N(CCCc1cccnc1)C(=O)C(C)N.O=C(O)C(O)C(O)C(=O)O. The van der Waals surface area contributed by atoms with Crippen molar-refractivity contribution < 1.29 is 34.8 Å². The third-order valence-electron chi connectivity index (χ3n) is 4.74. The van der Waals surface area contributed by atoms with Gasteiger partial charge in [0.05, 0.1) is 6.04 Å². The highest BCUT2D eigenvalue weighted by Gasteiger charge is 2.29. The van der Waals surface area contributed by atoms with Crippen LogP contribution in [-0.4, -0.2) is 68.1 Å². The number of rotatable bonds is 9. The fourth-order valence-corrected chi connectivity index (χ4v) is 3.07. The normalized spacial score (nSPS) is 13.2. The fourth-order valence-electron chi connectivity index (χ4n) is 3.07. The first-order valence-corrected chi connectivity index (χ1v) is 10.3. The third kappa shape index (κ3) is 8.60. The summed E-state index contributed by atoms with van der Waals surface area (Å²) in [4.78, 5) is 38.1. The van der Waals surface area contributed by atoms with Crippen LogP contribution in [0, 0.1) is 13.8 Å². The molecule has 0 radical (unpaired) electrons. The van der Waals surface area contributed by atoms with Gasteiger partial charge >= 0.3 is 11.9 Å². The van der Waals surface area contributed by atoms with Crippen molar-refractivity contribution in [3.8, 4) is 0 Å². The zero-order chi connectivity index (χ0) is 25.1. The van der Waals surface area contributed by atoms with Crippen LogP contribution in [0.15, 0.2) is 42.7 Å². The van der Waals surface area contributed by atoms with E-state index < -0.39 is 30.2 Å². The van der Waals surface area contributed by atoms with Crippen LogP contribution in [0.1, 0.15) is 30.0 Å². The number of nitrogens with two attached hydrogens (primary N) is 1. The first kappa shape index (κ1) is 27.7. The Kier molecular flexibility index (Phi) is 11.1. The molecule has 6 N–H and O–H groups in total. The molecule has 0 aliphatic carbocycles. The number of aliphatic hydroxyl groups excluding tert-OH is 2. The van der Waals surface area contributed by atoms with Gasteiger partial charge < -0.3 is 31.1 Å². The quantitative estimate of drug-likeness (QED) is 0.363. The summed E-state index contributed by atoms with van der Waals surface area (Å²) >= 11 is 0. The summed E-state index contributed by atoms with van der Waals surface area (Å²) in [5.41, 5.74) is 10.2. The zero-order valence-electron chi connectivity index (χ0n) is 18.9. The molecule has 0 aliphatic rings. The number of hydrogen-bond acceptors (Lipinski definition) is 7. The van der Waals surface area contributed by atoms with E-state index in [1.165, 1.54) is 5.56 Å². The number of para-hydroxylation sites is 1. The number of carboxylic acid groups (broad SMARTS) is 2. The monoisotopic (exact) mass is 461 g/mol. The molecule has 2 rings (SSSR count). The minimum absolute atomic E-state index is 0.0337. The molecule has 1 heterocycles. The summed E-state index contributed by atoms with van der Waals surface area (Å²) < 4.78 is 0. The Labute approximate surface area is 192 Å². The number of aromatic nitrogens is 1. The summed E-state index contributed by atoms with van der Waals surface area (Å²) in [5.74, 6) is -3.57. The standard InChI is InChI=1S/C19H25N3O.C4H6O6/c1-14-7-4-8-15(2)18(14)22(19(23)16(3)20)12-6-10-17-9-5-11-21-13-17;5-1(3(7)8)2(6)4(9)10/h4-5,7-9,11,13,16H,6,10,12,20H2,1-3H3;1-2,5-6H,(H,7,8)(H,9,10). The average Bonchev–Trinajstić information content (AvgIpc) is 2.77. The van der Waals surface area contributed by atoms with Gasteiger partial charge in [-0.1, -0.05) is 24.3 Å². The smallest absolute Gasteiger partial charge is 0.335 e. The predicted molar refractivity (Wildman–Crippen MR) is 122 cm³/mol. The highest BCUT2D eigenvalue weighted by Crippen LogP contribution is 2.25. The van der Waals surface area contributed by atoms with E-state index in [-0.39, 0.29) is 5.91 Å². The van der Waals surface area contributed by atoms with Gasteiger partial charge in [-0.2, -0.15) is 0 Å². The average molecular weight is 462 g/mol. The molecular formula is C23H31N3O7. The van der Waals surface area contributed by atoms with Crippen molar-refractivity contribution in [3.63, 3.8) is 0 Å². The maximum atomic E-state index is 12.6. The zero-order valence-corrected chi connectivity index (χ0v) is 18.9. The lowest BCUT2D eigenvalue weighted by Gasteiger charge is -2.28. The van der Waals surface area contributed by atoms with Crippen molar-refractivity contribution in [2.75, 3.05) is 11.4 Å². The second-order valence-electron chi connectivity index (χ2n) is 7.55. The van der Waals surface area contributed by atoms with E-state index in [2.05, 4.69) is 11.1 Å². The number of pyridine rings is 1. The van der Waals surface area contributed by atoms with Gasteiger partial charge in [0.2, 0.25) is 5.91 Å². The Morgan fingerprint density at radius 2 is 1.55 bits per heavy atom. The minimum atomic E-state index is -2.27. The van der Waals surface area contributed by atoms with Gasteiger partial charge in [-0.25, -0.2) is 9.59 Å². The van der Waals surface area contributed by atoms with E-state index in [0.29, 0.717) is 6.54 Å². The molecule has 0 spiro atoms. The van der Waals surface area contributed by atoms with Crippen molar-refractivity contribution in [2.45, 2.75) is 51.9 Å². The highest BCUT2D eigenvalue weighted by atomic mass is 16.4. The lowest BCUT2D eigenvalue weighted by atomic mass is 10.1. The van der Waals surface area contributed by atoms with E-state index in [0.717, 1.165) is 29.7 Å². The third-order valence-corrected chi connectivity index (χ3v) is 4.74. The molecule has 0 saturated heterocycles. The lowest BCUT2D eigenvalue weighted by Crippen LogP contribution is -2.43. The Balaban J connectivity index is 0.000000461. The second-order valence-corrected chi connectivity index (χ2v) is 7.55. The van der Waals surface area contributed by atoms with Crippen LogP contribution in [0.2, 0.25) is 0 Å². The highest BCUT2D eigenvalue weighted by molar-refractivity contribution is 5.98. The molecule has 0 bridgehead atoms. The van der Waals surface area contributed by atoms with Crippen LogP contribution in [0.4, 0.5) is 5.69 Å². The summed E-state index contributed by atoms with van der Waals surface area (Å²) in [6, 6.07) is 9.57. The van der Waals surface area contributed by atoms with Gasteiger partial charge in [0.1, 0.15) is 0 Å². The number of aryl methyl sites for hydroxylation is 3. The van der Waals surface area contributed by atoms with Crippen LogP contribution in [0.25, 0.3) is 0 Å². The number of aliphatic hydroxyl groups is 2.